The van der Waals surface area contributed by atoms with Gasteiger partial charge in [-0.05, 0) is 12.0 Å². The number of fused-ring (bicyclic) bond motifs is 1. The minimum Gasteiger partial charge on any atom is -0.496 e. The number of carbonyl (C=O) groups excluding carboxylic acids is 2. The topological polar surface area (TPSA) is 148 Å². The average Bonchev–Trinajstić information content (AvgIpc) is 3.35. The van der Waals surface area contributed by atoms with Gasteiger partial charge in [0.15, 0.2) is 0 Å². The number of aromatic nitrogens is 5. The third-order valence-corrected chi connectivity index (χ3v) is 4.80. The molecule has 4 rings (SSSR count). The van der Waals surface area contributed by atoms with Crippen LogP contribution in [-0.4, -0.2) is 66.8 Å². The summed E-state index contributed by atoms with van der Waals surface area (Å²) >= 11 is 0. The van der Waals surface area contributed by atoms with Crippen LogP contribution in [0.1, 0.15) is 22.6 Å². The van der Waals surface area contributed by atoms with E-state index in [1.54, 1.807) is 4.68 Å². The Morgan fingerprint density at radius 2 is 2.06 bits per heavy atom. The minimum atomic E-state index is -2.01. The van der Waals surface area contributed by atoms with E-state index < -0.39 is 19.3 Å². The number of aryl methyl sites for hydroxylation is 1. The van der Waals surface area contributed by atoms with Crippen LogP contribution in [0.3, 0.4) is 0 Å². The van der Waals surface area contributed by atoms with Crippen LogP contribution in [0.25, 0.3) is 0 Å². The summed E-state index contributed by atoms with van der Waals surface area (Å²) < 4.78 is 7.79. The van der Waals surface area contributed by atoms with Crippen molar-refractivity contribution in [2.75, 3.05) is 11.9 Å². The number of likely N-dealkylation sites (N-methyl/N-ethyl adjacent to an activating group) is 1. The molecule has 1 unspecified atom stereocenters. The molecule has 1 aliphatic heterocycles. The van der Waals surface area contributed by atoms with Crippen molar-refractivity contribution in [1.29, 1.82) is 0 Å². The van der Waals surface area contributed by atoms with Crippen molar-refractivity contribution in [2.24, 2.45) is 0 Å². The third-order valence-electron chi connectivity index (χ3n) is 4.80. The number of hydrogen-bond donors (Lipinski definition) is 3. The Labute approximate surface area is 177 Å². The fourth-order valence-electron chi connectivity index (χ4n) is 3.31. The zero-order chi connectivity index (χ0) is 22.0. The predicted molar refractivity (Wildman–Crippen MR) is 108 cm³/mol. The van der Waals surface area contributed by atoms with Gasteiger partial charge in [0, 0.05) is 19.7 Å². The number of amides is 2. The van der Waals surface area contributed by atoms with Crippen LogP contribution in [-0.2, 0) is 17.9 Å². The summed E-state index contributed by atoms with van der Waals surface area (Å²) in [6, 6.07) is 10.3. The number of nitrogens with one attached hydrogen (secondary N) is 1. The molecule has 3 heterocycles. The Hall–Kier alpha value is -3.71. The van der Waals surface area contributed by atoms with Crippen LogP contribution >= 0.6 is 0 Å². The molecule has 160 valence electrons. The number of nitrogens with zero attached hydrogens (tertiary/aromatic N) is 6. The standard InChI is InChI=1S/C18H20BN7O5/c1-24-15-9-14(31-19(29)30)22-26(15)8-7-13(18(24)28)21-17(27)16-20-11-25(23-16)10-12-5-3-2-4-6-12/h2-6,9,11,13,29-30H,7-8,10H2,1H3,(H,21,27). The normalized spacial score (nSPS) is 15.9. The molecule has 0 bridgehead atoms. The lowest BCUT2D eigenvalue weighted by atomic mass is 10.2. The van der Waals surface area contributed by atoms with Crippen molar-refractivity contribution in [3.05, 3.63) is 54.1 Å². The van der Waals surface area contributed by atoms with Crippen LogP contribution in [0.5, 0.6) is 5.88 Å². The fraction of sp³-hybridized carbons (Fsp3) is 0.278. The summed E-state index contributed by atoms with van der Waals surface area (Å²) in [5.74, 6) is -0.554. The second kappa shape index (κ2) is 8.57. The number of rotatable bonds is 6. The summed E-state index contributed by atoms with van der Waals surface area (Å²) in [5.41, 5.74) is 1.02. The molecule has 0 aliphatic carbocycles. The SMILES string of the molecule is CN1C(=O)C(NC(=O)c2ncn(Cc3ccccc3)n2)CCn2nc(OB(O)O)cc21. The smallest absolute Gasteiger partial charge is 0.496 e. The Bertz CT molecular complexity index is 1080. The molecular weight excluding hydrogens is 405 g/mol. The molecule has 1 aromatic carbocycles. The van der Waals surface area contributed by atoms with Gasteiger partial charge in [-0.3, -0.25) is 14.5 Å². The van der Waals surface area contributed by atoms with E-state index in [1.165, 1.54) is 29.0 Å². The Kier molecular flexibility index (Phi) is 5.69. The van der Waals surface area contributed by atoms with Gasteiger partial charge in [-0.2, -0.15) is 0 Å². The molecule has 1 atom stereocenters. The zero-order valence-electron chi connectivity index (χ0n) is 16.6. The maximum atomic E-state index is 12.8. The molecule has 13 heteroatoms. The van der Waals surface area contributed by atoms with E-state index in [1.807, 2.05) is 30.3 Å². The Balaban J connectivity index is 1.42. The average molecular weight is 425 g/mol. The van der Waals surface area contributed by atoms with Gasteiger partial charge in [-0.1, -0.05) is 30.3 Å². The van der Waals surface area contributed by atoms with Crippen molar-refractivity contribution < 1.29 is 24.3 Å². The van der Waals surface area contributed by atoms with Crippen LogP contribution in [0.15, 0.2) is 42.7 Å². The molecular formula is C18H20BN7O5. The minimum absolute atomic E-state index is 0.0269. The Morgan fingerprint density at radius 3 is 2.81 bits per heavy atom. The van der Waals surface area contributed by atoms with Crippen LogP contribution in [0.4, 0.5) is 5.82 Å². The lowest BCUT2D eigenvalue weighted by Gasteiger charge is -2.19. The van der Waals surface area contributed by atoms with E-state index in [-0.39, 0.29) is 24.0 Å². The molecule has 1 aliphatic rings. The second-order valence-corrected chi connectivity index (χ2v) is 6.97. The molecule has 0 radical (unpaired) electrons. The largest absolute Gasteiger partial charge is 0.708 e. The van der Waals surface area contributed by atoms with Gasteiger partial charge in [0.2, 0.25) is 11.7 Å². The van der Waals surface area contributed by atoms with Gasteiger partial charge in [0.1, 0.15) is 18.2 Å². The molecule has 2 amide bonds. The lowest BCUT2D eigenvalue weighted by molar-refractivity contribution is -0.120. The molecule has 3 N–H and O–H groups in total. The van der Waals surface area contributed by atoms with Crippen LogP contribution < -0.4 is 14.9 Å². The van der Waals surface area contributed by atoms with Crippen LogP contribution in [0, 0.1) is 0 Å². The van der Waals surface area contributed by atoms with E-state index in [0.29, 0.717) is 18.9 Å². The van der Waals surface area contributed by atoms with E-state index in [4.69, 9.17) is 14.7 Å². The first-order valence-corrected chi connectivity index (χ1v) is 9.53. The fourth-order valence-corrected chi connectivity index (χ4v) is 3.31. The van der Waals surface area contributed by atoms with Crippen molar-refractivity contribution in [1.82, 2.24) is 29.9 Å². The van der Waals surface area contributed by atoms with Crippen molar-refractivity contribution in [3.8, 4) is 5.88 Å². The molecule has 0 spiro atoms. The summed E-state index contributed by atoms with van der Waals surface area (Å²) in [7, 11) is -0.479. The molecule has 31 heavy (non-hydrogen) atoms. The highest BCUT2D eigenvalue weighted by Gasteiger charge is 2.32. The maximum absolute atomic E-state index is 12.8. The summed E-state index contributed by atoms with van der Waals surface area (Å²) in [6.07, 6.45) is 1.74. The monoisotopic (exact) mass is 425 g/mol. The van der Waals surface area contributed by atoms with Crippen molar-refractivity contribution >= 4 is 25.0 Å². The van der Waals surface area contributed by atoms with E-state index in [2.05, 4.69) is 20.5 Å². The second-order valence-electron chi connectivity index (χ2n) is 6.97. The van der Waals surface area contributed by atoms with Crippen molar-refractivity contribution in [2.45, 2.75) is 25.6 Å². The molecule has 0 saturated heterocycles. The van der Waals surface area contributed by atoms with E-state index in [9.17, 15) is 9.59 Å². The van der Waals surface area contributed by atoms with Gasteiger partial charge in [0.05, 0.1) is 6.54 Å². The highest BCUT2D eigenvalue weighted by molar-refractivity contribution is 6.33. The first-order chi connectivity index (χ1) is 14.9. The number of benzene rings is 1. The maximum Gasteiger partial charge on any atom is 0.708 e. The quantitative estimate of drug-likeness (QED) is 0.428. The van der Waals surface area contributed by atoms with Gasteiger partial charge >= 0.3 is 7.32 Å². The highest BCUT2D eigenvalue weighted by atomic mass is 16.6. The van der Waals surface area contributed by atoms with E-state index >= 15 is 0 Å². The lowest BCUT2D eigenvalue weighted by Crippen LogP contribution is -2.47. The third kappa shape index (κ3) is 4.57. The molecule has 0 saturated carbocycles. The highest BCUT2D eigenvalue weighted by Crippen LogP contribution is 2.24. The van der Waals surface area contributed by atoms with Gasteiger partial charge in [0.25, 0.3) is 11.8 Å². The van der Waals surface area contributed by atoms with Crippen LogP contribution in [0.2, 0.25) is 0 Å². The van der Waals surface area contributed by atoms with Gasteiger partial charge in [-0.25, -0.2) is 14.3 Å². The molecule has 2 aromatic heterocycles. The number of anilines is 1. The first kappa shape index (κ1) is 20.6. The molecule has 3 aromatic rings. The van der Waals surface area contributed by atoms with Gasteiger partial charge < -0.3 is 20.0 Å². The molecule has 0 fully saturated rings. The number of carbonyl (C=O) groups is 2. The van der Waals surface area contributed by atoms with E-state index in [0.717, 1.165) is 5.56 Å². The summed E-state index contributed by atoms with van der Waals surface area (Å²) in [4.78, 5) is 30.8. The number of hydrogen-bond acceptors (Lipinski definition) is 8. The molecule has 12 nitrogen and oxygen atoms in total. The predicted octanol–water partition coefficient (Wildman–Crippen LogP) is -0.964. The van der Waals surface area contributed by atoms with Gasteiger partial charge in [-0.15, -0.1) is 10.2 Å². The summed E-state index contributed by atoms with van der Waals surface area (Å²) in [5, 5.41) is 28.8. The first-order valence-electron chi connectivity index (χ1n) is 9.53. The zero-order valence-corrected chi connectivity index (χ0v) is 16.6. The Morgan fingerprint density at radius 1 is 1.29 bits per heavy atom. The summed E-state index contributed by atoms with van der Waals surface area (Å²) in [6.45, 7) is 0.775. The van der Waals surface area contributed by atoms with Crippen molar-refractivity contribution in [3.63, 3.8) is 0 Å².